The number of non-ortho nitro benzene ring substituents is 1. The Hall–Kier alpha value is -0.890. The molecule has 18 heavy (non-hydrogen) atoms. The van der Waals surface area contributed by atoms with Gasteiger partial charge >= 0.3 is 0 Å². The molecule has 0 spiro atoms. The Morgan fingerprint density at radius 1 is 1.44 bits per heavy atom. The maximum absolute atomic E-state index is 10.6. The molecule has 0 radical (unpaired) electrons. The van der Waals surface area contributed by atoms with Gasteiger partial charge in [-0.05, 0) is 56.6 Å². The molecule has 0 aliphatic heterocycles. The first-order valence-electron chi connectivity index (χ1n) is 5.59. The Morgan fingerprint density at radius 2 is 2.06 bits per heavy atom. The van der Waals surface area contributed by atoms with Crippen LogP contribution in [0.15, 0.2) is 18.2 Å². The Labute approximate surface area is 121 Å². The fraction of sp³-hybridized carbons (Fsp3) is 0.500. The number of nitrogens with one attached hydrogen (secondary N) is 1. The van der Waals surface area contributed by atoms with Gasteiger partial charge in [0.2, 0.25) is 0 Å². The van der Waals surface area contributed by atoms with Gasteiger partial charge in [0.15, 0.2) is 0 Å². The number of hydrogen-bond acceptors (Lipinski definition) is 4. The summed E-state index contributed by atoms with van der Waals surface area (Å²) in [7, 11) is 4.06. The monoisotopic (exact) mass is 363 g/mol. The molecule has 0 aliphatic rings. The minimum atomic E-state index is -0.379. The van der Waals surface area contributed by atoms with Crippen molar-refractivity contribution in [3.05, 3.63) is 31.9 Å². The van der Waals surface area contributed by atoms with Crippen molar-refractivity contribution in [3.8, 4) is 0 Å². The van der Waals surface area contributed by atoms with Crippen molar-refractivity contribution in [2.45, 2.75) is 19.4 Å². The lowest BCUT2D eigenvalue weighted by Gasteiger charge is -2.33. The summed E-state index contributed by atoms with van der Waals surface area (Å²) in [6, 6.07) is 4.85. The van der Waals surface area contributed by atoms with Crippen LogP contribution in [-0.2, 0) is 0 Å². The average molecular weight is 363 g/mol. The number of likely N-dealkylation sites (N-methyl/N-ethyl adjacent to an activating group) is 1. The molecule has 0 aliphatic carbocycles. The highest BCUT2D eigenvalue weighted by Crippen LogP contribution is 2.24. The van der Waals surface area contributed by atoms with E-state index in [9.17, 15) is 10.1 Å². The van der Waals surface area contributed by atoms with Gasteiger partial charge in [-0.2, -0.15) is 0 Å². The zero-order chi connectivity index (χ0) is 13.9. The van der Waals surface area contributed by atoms with Crippen LogP contribution in [0.3, 0.4) is 0 Å². The number of hydrogen-bond donors (Lipinski definition) is 1. The Balaban J connectivity index is 2.78. The molecule has 0 aromatic heterocycles. The summed E-state index contributed by atoms with van der Waals surface area (Å²) in [5, 5.41) is 14.0. The van der Waals surface area contributed by atoms with E-state index in [0.29, 0.717) is 0 Å². The topological polar surface area (TPSA) is 58.4 Å². The summed E-state index contributed by atoms with van der Waals surface area (Å²) >= 11 is 2.11. The highest BCUT2D eigenvalue weighted by Gasteiger charge is 2.20. The summed E-state index contributed by atoms with van der Waals surface area (Å²) in [4.78, 5) is 12.4. The van der Waals surface area contributed by atoms with E-state index in [1.807, 2.05) is 14.1 Å². The summed E-state index contributed by atoms with van der Waals surface area (Å²) in [5.74, 6) is 0. The predicted molar refractivity (Wildman–Crippen MR) is 82.1 cm³/mol. The van der Waals surface area contributed by atoms with Crippen molar-refractivity contribution in [1.82, 2.24) is 4.90 Å². The van der Waals surface area contributed by atoms with Crippen LogP contribution in [0, 0.1) is 13.7 Å². The van der Waals surface area contributed by atoms with Gasteiger partial charge in [0.1, 0.15) is 0 Å². The van der Waals surface area contributed by atoms with Crippen molar-refractivity contribution >= 4 is 34.0 Å². The molecule has 0 bridgehead atoms. The van der Waals surface area contributed by atoms with Gasteiger partial charge in [0.25, 0.3) is 5.69 Å². The smallest absolute Gasteiger partial charge is 0.270 e. The first-order chi connectivity index (χ1) is 8.24. The fourth-order valence-electron chi connectivity index (χ4n) is 1.23. The van der Waals surface area contributed by atoms with Crippen molar-refractivity contribution in [3.63, 3.8) is 0 Å². The number of nitro benzene ring substituents is 1. The molecule has 100 valence electrons. The van der Waals surface area contributed by atoms with E-state index in [-0.39, 0.29) is 16.1 Å². The fourth-order valence-corrected chi connectivity index (χ4v) is 1.92. The van der Waals surface area contributed by atoms with Gasteiger partial charge < -0.3 is 10.2 Å². The number of halogens is 1. The van der Waals surface area contributed by atoms with Crippen LogP contribution in [0.4, 0.5) is 11.4 Å². The van der Waals surface area contributed by atoms with Gasteiger partial charge in [-0.25, -0.2) is 0 Å². The maximum atomic E-state index is 10.6. The molecule has 1 aromatic rings. The molecule has 0 atom stereocenters. The van der Waals surface area contributed by atoms with Crippen LogP contribution in [0.2, 0.25) is 0 Å². The molecule has 0 saturated heterocycles. The third kappa shape index (κ3) is 3.81. The van der Waals surface area contributed by atoms with Gasteiger partial charge in [-0.3, -0.25) is 10.1 Å². The Kier molecular flexibility index (Phi) is 4.92. The summed E-state index contributed by atoms with van der Waals surface area (Å²) in [6.45, 7) is 5.05. The molecule has 5 nitrogen and oxygen atoms in total. The van der Waals surface area contributed by atoms with Gasteiger partial charge in [-0.15, -0.1) is 0 Å². The summed E-state index contributed by atoms with van der Waals surface area (Å²) < 4.78 is 0.858. The van der Waals surface area contributed by atoms with Gasteiger partial charge in [0, 0.05) is 33.5 Å². The molecule has 1 N–H and O–H groups in total. The van der Waals surface area contributed by atoms with Gasteiger partial charge in [-0.1, -0.05) is 0 Å². The molecule has 6 heteroatoms. The van der Waals surface area contributed by atoms with E-state index in [0.717, 1.165) is 15.8 Å². The van der Waals surface area contributed by atoms with E-state index >= 15 is 0 Å². The largest absolute Gasteiger partial charge is 0.382 e. The van der Waals surface area contributed by atoms with Crippen LogP contribution in [0.25, 0.3) is 0 Å². The second-order valence-corrected chi connectivity index (χ2v) is 6.14. The lowest BCUT2D eigenvalue weighted by molar-refractivity contribution is -0.384. The molecular weight excluding hydrogens is 345 g/mol. The zero-order valence-electron chi connectivity index (χ0n) is 11.0. The standard InChI is InChI=1S/C12H18IN3O2/c1-12(2,15(3)4)8-14-11-6-5-9(16(17)18)7-10(11)13/h5-7,14H,8H2,1-4H3. The van der Waals surface area contributed by atoms with E-state index in [4.69, 9.17) is 0 Å². The second kappa shape index (κ2) is 5.83. The second-order valence-electron chi connectivity index (χ2n) is 4.98. The minimum Gasteiger partial charge on any atom is -0.382 e. The van der Waals surface area contributed by atoms with E-state index in [2.05, 4.69) is 46.7 Å². The quantitative estimate of drug-likeness (QED) is 0.497. The van der Waals surface area contributed by atoms with E-state index in [1.165, 1.54) is 6.07 Å². The normalized spacial score (nSPS) is 11.7. The first kappa shape index (κ1) is 15.2. The van der Waals surface area contributed by atoms with Crippen molar-refractivity contribution in [2.24, 2.45) is 0 Å². The SMILES string of the molecule is CN(C)C(C)(C)CNc1ccc([N+](=O)[O-])cc1I. The third-order valence-corrected chi connectivity index (χ3v) is 3.98. The third-order valence-electron chi connectivity index (χ3n) is 3.09. The predicted octanol–water partition coefficient (Wildman–Crippen LogP) is 2.95. The highest BCUT2D eigenvalue weighted by atomic mass is 127. The van der Waals surface area contributed by atoms with Crippen molar-refractivity contribution in [2.75, 3.05) is 26.0 Å². The lowest BCUT2D eigenvalue weighted by atomic mass is 10.0. The van der Waals surface area contributed by atoms with Crippen LogP contribution in [-0.4, -0.2) is 36.0 Å². The van der Waals surface area contributed by atoms with Crippen LogP contribution < -0.4 is 5.32 Å². The van der Waals surface area contributed by atoms with Crippen LogP contribution >= 0.6 is 22.6 Å². The number of nitrogens with zero attached hydrogens (tertiary/aromatic N) is 2. The number of nitro groups is 1. The molecular formula is C12H18IN3O2. The molecule has 0 fully saturated rings. The summed E-state index contributed by atoms with van der Waals surface area (Å²) in [5.41, 5.74) is 1.07. The average Bonchev–Trinajstić information content (AvgIpc) is 2.26. The molecule has 0 saturated carbocycles. The summed E-state index contributed by atoms with van der Waals surface area (Å²) in [6.07, 6.45) is 0. The lowest BCUT2D eigenvalue weighted by Crippen LogP contribution is -2.44. The minimum absolute atomic E-state index is 0.0187. The highest BCUT2D eigenvalue weighted by molar-refractivity contribution is 14.1. The number of rotatable bonds is 5. The molecule has 0 unspecified atom stereocenters. The first-order valence-corrected chi connectivity index (χ1v) is 6.67. The number of anilines is 1. The van der Waals surface area contributed by atoms with E-state index in [1.54, 1.807) is 12.1 Å². The van der Waals surface area contributed by atoms with E-state index < -0.39 is 0 Å². The van der Waals surface area contributed by atoms with Crippen LogP contribution in [0.1, 0.15) is 13.8 Å². The molecule has 1 rings (SSSR count). The van der Waals surface area contributed by atoms with Crippen LogP contribution in [0.5, 0.6) is 0 Å². The number of benzene rings is 1. The zero-order valence-corrected chi connectivity index (χ0v) is 13.2. The molecule has 0 amide bonds. The van der Waals surface area contributed by atoms with Crippen molar-refractivity contribution < 1.29 is 4.92 Å². The van der Waals surface area contributed by atoms with Crippen molar-refractivity contribution in [1.29, 1.82) is 0 Å². The Morgan fingerprint density at radius 3 is 2.50 bits per heavy atom. The molecule has 1 aromatic carbocycles. The Bertz CT molecular complexity index is 447. The van der Waals surface area contributed by atoms with Gasteiger partial charge in [0.05, 0.1) is 4.92 Å². The molecule has 0 heterocycles. The maximum Gasteiger partial charge on any atom is 0.270 e.